The van der Waals surface area contributed by atoms with E-state index in [-0.39, 0.29) is 5.91 Å². The summed E-state index contributed by atoms with van der Waals surface area (Å²) in [5.74, 6) is -0.144. The van der Waals surface area contributed by atoms with E-state index in [1.54, 1.807) is 0 Å². The standard InChI is InChI=1S/C34H29N2OP/c1-27-22-24-29(25-23-27)35-26-33(36-34(37)28-14-6-2-7-15-28)38(30-16-8-3-9-17-30,31-18-10-4-11-19-31)32-20-12-5-13-21-32/h2-26,35H,1H3/p+1/b33-26-. The van der Waals surface area contributed by atoms with Crippen molar-refractivity contribution in [1.29, 1.82) is 0 Å². The summed E-state index contributed by atoms with van der Waals surface area (Å²) >= 11 is 0. The number of rotatable bonds is 8. The summed E-state index contributed by atoms with van der Waals surface area (Å²) in [6.45, 7) is 2.07. The molecule has 5 aromatic rings. The van der Waals surface area contributed by atoms with Crippen LogP contribution in [-0.2, 0) is 0 Å². The van der Waals surface area contributed by atoms with Gasteiger partial charge in [-0.3, -0.25) is 10.1 Å². The summed E-state index contributed by atoms with van der Waals surface area (Å²) in [7, 11) is -2.52. The van der Waals surface area contributed by atoms with Gasteiger partial charge in [-0.05, 0) is 67.6 Å². The van der Waals surface area contributed by atoms with Gasteiger partial charge < -0.3 is 5.32 Å². The van der Waals surface area contributed by atoms with Gasteiger partial charge in [0.25, 0.3) is 5.91 Å². The fraction of sp³-hybridized carbons (Fsp3) is 0.0294. The first-order valence-corrected chi connectivity index (χ1v) is 14.4. The van der Waals surface area contributed by atoms with Crippen molar-refractivity contribution in [2.45, 2.75) is 6.92 Å². The number of anilines is 1. The molecule has 0 heterocycles. The Labute approximate surface area is 225 Å². The van der Waals surface area contributed by atoms with E-state index >= 15 is 0 Å². The van der Waals surface area contributed by atoms with Gasteiger partial charge in [-0.15, -0.1) is 0 Å². The number of benzene rings is 5. The van der Waals surface area contributed by atoms with Crippen molar-refractivity contribution in [2.24, 2.45) is 0 Å². The van der Waals surface area contributed by atoms with Crippen molar-refractivity contribution in [2.75, 3.05) is 5.32 Å². The van der Waals surface area contributed by atoms with Gasteiger partial charge in [-0.1, -0.05) is 90.5 Å². The topological polar surface area (TPSA) is 41.1 Å². The fourth-order valence-corrected chi connectivity index (χ4v) is 8.73. The van der Waals surface area contributed by atoms with Gasteiger partial charge in [0.05, 0.1) is 6.20 Å². The van der Waals surface area contributed by atoms with Crippen LogP contribution < -0.4 is 26.5 Å². The molecular formula is C34H30N2OP+. The average molecular weight is 514 g/mol. The van der Waals surface area contributed by atoms with Gasteiger partial charge >= 0.3 is 0 Å². The van der Waals surface area contributed by atoms with Gasteiger partial charge in [0, 0.05) is 11.3 Å². The Kier molecular flexibility index (Phi) is 7.78. The Morgan fingerprint density at radius 3 is 1.45 bits per heavy atom. The number of nitrogens with one attached hydrogen (secondary N) is 2. The minimum atomic E-state index is -2.52. The molecule has 0 atom stereocenters. The summed E-state index contributed by atoms with van der Waals surface area (Å²) in [6, 6.07) is 49.2. The molecule has 5 rings (SSSR count). The Balaban J connectivity index is 1.76. The fourth-order valence-electron chi connectivity index (χ4n) is 4.62. The second kappa shape index (κ2) is 11.7. The van der Waals surface area contributed by atoms with Crippen molar-refractivity contribution in [3.05, 3.63) is 168 Å². The van der Waals surface area contributed by atoms with Crippen molar-refractivity contribution < 1.29 is 4.79 Å². The van der Waals surface area contributed by atoms with E-state index in [1.165, 1.54) is 5.56 Å². The van der Waals surface area contributed by atoms with Crippen LogP contribution >= 0.6 is 7.26 Å². The maximum atomic E-state index is 13.7. The van der Waals surface area contributed by atoms with E-state index in [4.69, 9.17) is 0 Å². The first-order chi connectivity index (χ1) is 18.7. The minimum absolute atomic E-state index is 0.144. The second-order valence-corrected chi connectivity index (χ2v) is 12.4. The van der Waals surface area contributed by atoms with E-state index in [0.29, 0.717) is 5.56 Å². The van der Waals surface area contributed by atoms with Gasteiger partial charge in [0.15, 0.2) is 12.7 Å². The highest BCUT2D eigenvalue weighted by atomic mass is 31.2. The zero-order chi connectivity index (χ0) is 26.2. The van der Waals surface area contributed by atoms with Crippen LogP contribution in [0.2, 0.25) is 0 Å². The summed E-state index contributed by atoms with van der Waals surface area (Å²) in [4.78, 5) is 13.7. The van der Waals surface area contributed by atoms with Crippen LogP contribution in [-0.4, -0.2) is 5.91 Å². The molecule has 5 aromatic carbocycles. The number of carbonyl (C=O) groups excluding carboxylic acids is 1. The molecule has 4 heteroatoms. The SMILES string of the molecule is Cc1ccc(N/C=C(/NC(=O)c2ccccc2)[P+](c2ccccc2)(c2ccccc2)c2ccccc2)cc1. The van der Waals surface area contributed by atoms with E-state index in [2.05, 4.69) is 115 Å². The Morgan fingerprint density at radius 1 is 0.579 bits per heavy atom. The molecule has 0 unspecified atom stereocenters. The van der Waals surface area contributed by atoms with Gasteiger partial charge in [0.1, 0.15) is 15.9 Å². The van der Waals surface area contributed by atoms with Gasteiger partial charge in [-0.2, -0.15) is 0 Å². The lowest BCUT2D eigenvalue weighted by molar-refractivity contribution is 0.0968. The number of hydrogen-bond donors (Lipinski definition) is 2. The lowest BCUT2D eigenvalue weighted by Gasteiger charge is -2.29. The summed E-state index contributed by atoms with van der Waals surface area (Å²) in [6.07, 6.45) is 1.98. The van der Waals surface area contributed by atoms with Crippen LogP contribution in [0.5, 0.6) is 0 Å². The predicted octanol–water partition coefficient (Wildman–Crippen LogP) is 6.63. The summed E-state index contributed by atoms with van der Waals surface area (Å²) in [5, 5.41) is 10.3. The molecule has 0 aliphatic carbocycles. The number of amides is 1. The van der Waals surface area contributed by atoms with Crippen LogP contribution in [0, 0.1) is 6.92 Å². The van der Waals surface area contributed by atoms with E-state index in [9.17, 15) is 4.79 Å². The zero-order valence-corrected chi connectivity index (χ0v) is 22.2. The first-order valence-electron chi connectivity index (χ1n) is 12.6. The van der Waals surface area contributed by atoms with Crippen LogP contribution in [0.4, 0.5) is 5.69 Å². The zero-order valence-electron chi connectivity index (χ0n) is 21.3. The monoisotopic (exact) mass is 513 g/mol. The Bertz CT molecular complexity index is 1400. The lowest BCUT2D eigenvalue weighted by Crippen LogP contribution is -2.38. The molecule has 0 aliphatic heterocycles. The van der Waals surface area contributed by atoms with Crippen LogP contribution in [0.3, 0.4) is 0 Å². The maximum Gasteiger partial charge on any atom is 0.258 e. The maximum absolute atomic E-state index is 13.7. The van der Waals surface area contributed by atoms with Crippen molar-refractivity contribution in [1.82, 2.24) is 5.32 Å². The average Bonchev–Trinajstić information content (AvgIpc) is 2.99. The highest BCUT2D eigenvalue weighted by Crippen LogP contribution is 2.61. The second-order valence-electron chi connectivity index (χ2n) is 9.04. The number of aryl methyl sites for hydroxylation is 1. The molecule has 0 saturated carbocycles. The molecule has 0 spiro atoms. The first kappa shape index (κ1) is 25.2. The molecule has 3 nitrogen and oxygen atoms in total. The largest absolute Gasteiger partial charge is 0.357 e. The molecule has 38 heavy (non-hydrogen) atoms. The van der Waals surface area contributed by atoms with Crippen LogP contribution in [0.1, 0.15) is 15.9 Å². The van der Waals surface area contributed by atoms with Crippen molar-refractivity contribution in [3.8, 4) is 0 Å². The number of hydrogen-bond acceptors (Lipinski definition) is 2. The van der Waals surface area contributed by atoms with Crippen LogP contribution in [0.25, 0.3) is 0 Å². The van der Waals surface area contributed by atoms with E-state index in [0.717, 1.165) is 27.0 Å². The third kappa shape index (κ3) is 5.29. The molecule has 2 N–H and O–H groups in total. The lowest BCUT2D eigenvalue weighted by atomic mass is 10.2. The van der Waals surface area contributed by atoms with Gasteiger partial charge in [-0.25, -0.2) is 0 Å². The normalized spacial score (nSPS) is 11.6. The molecule has 186 valence electrons. The molecule has 0 aliphatic rings. The predicted molar refractivity (Wildman–Crippen MR) is 162 cm³/mol. The third-order valence-electron chi connectivity index (χ3n) is 6.50. The molecule has 0 saturated heterocycles. The highest BCUT2D eigenvalue weighted by molar-refractivity contribution is 7.99. The highest BCUT2D eigenvalue weighted by Gasteiger charge is 2.50. The number of carbonyl (C=O) groups is 1. The molecule has 0 bridgehead atoms. The van der Waals surface area contributed by atoms with Crippen LogP contribution in [0.15, 0.2) is 157 Å². The quantitative estimate of drug-likeness (QED) is 0.229. The Morgan fingerprint density at radius 2 is 1.00 bits per heavy atom. The minimum Gasteiger partial charge on any atom is -0.357 e. The van der Waals surface area contributed by atoms with Gasteiger partial charge in [0.2, 0.25) is 0 Å². The van der Waals surface area contributed by atoms with Crippen molar-refractivity contribution in [3.63, 3.8) is 0 Å². The van der Waals surface area contributed by atoms with E-state index in [1.807, 2.05) is 54.7 Å². The summed E-state index contributed by atoms with van der Waals surface area (Å²) in [5.41, 5.74) is 3.59. The molecule has 0 fully saturated rings. The molecule has 0 radical (unpaired) electrons. The molecule has 1 amide bonds. The van der Waals surface area contributed by atoms with E-state index < -0.39 is 7.26 Å². The molecular weight excluding hydrogens is 483 g/mol. The molecule has 0 aromatic heterocycles. The van der Waals surface area contributed by atoms with Crippen molar-refractivity contribution >= 4 is 34.8 Å². The third-order valence-corrected chi connectivity index (χ3v) is 10.7. The smallest absolute Gasteiger partial charge is 0.258 e. The Hall–Kier alpha value is -4.46. The summed E-state index contributed by atoms with van der Waals surface area (Å²) < 4.78 is 0.